The molecule has 1 aliphatic heterocycles. The summed E-state index contributed by atoms with van der Waals surface area (Å²) in [5, 5.41) is 2.93. The molecule has 0 unspecified atom stereocenters. The molecule has 1 saturated heterocycles. The van der Waals surface area contributed by atoms with Crippen LogP contribution in [0.25, 0.3) is 0 Å². The zero-order chi connectivity index (χ0) is 13.7. The normalized spacial score (nSPS) is 15.5. The molecule has 0 spiro atoms. The fourth-order valence-corrected chi connectivity index (χ4v) is 2.52. The summed E-state index contributed by atoms with van der Waals surface area (Å²) in [6, 6.07) is 8.61. The Bertz CT molecular complexity index is 413. The maximum Gasteiger partial charge on any atom is 0.317 e. The minimum Gasteiger partial charge on any atom is -0.368 e. The molecule has 0 aromatic heterocycles. The number of carbonyl (C=O) groups is 1. The van der Waals surface area contributed by atoms with Crippen molar-refractivity contribution in [3.05, 3.63) is 27.8 Å². The second-order valence-electron chi connectivity index (χ2n) is 4.68. The highest BCUT2D eigenvalue weighted by molar-refractivity contribution is 14.1. The first kappa shape index (κ1) is 14.4. The standard InChI is InChI=1S/C14H20IN3O/c1-2-7-16-14(19)18-10-8-17(9-11-18)13-5-3-12(15)4-6-13/h3-6H,2,7-11H2,1H3,(H,16,19). The number of benzene rings is 1. The Hall–Kier alpha value is -0.980. The van der Waals surface area contributed by atoms with E-state index in [2.05, 4.69) is 64.0 Å². The van der Waals surface area contributed by atoms with Crippen molar-refractivity contribution in [2.75, 3.05) is 37.6 Å². The van der Waals surface area contributed by atoms with Gasteiger partial charge in [0, 0.05) is 42.0 Å². The van der Waals surface area contributed by atoms with Gasteiger partial charge in [-0.3, -0.25) is 0 Å². The maximum absolute atomic E-state index is 11.8. The van der Waals surface area contributed by atoms with E-state index in [0.717, 1.165) is 39.1 Å². The van der Waals surface area contributed by atoms with E-state index in [-0.39, 0.29) is 6.03 Å². The Balaban J connectivity index is 1.85. The van der Waals surface area contributed by atoms with Crippen molar-refractivity contribution < 1.29 is 4.79 Å². The van der Waals surface area contributed by atoms with Gasteiger partial charge in [-0.15, -0.1) is 0 Å². The van der Waals surface area contributed by atoms with Gasteiger partial charge in [0.25, 0.3) is 0 Å². The number of urea groups is 1. The summed E-state index contributed by atoms with van der Waals surface area (Å²) < 4.78 is 1.25. The molecular formula is C14H20IN3O. The fourth-order valence-electron chi connectivity index (χ4n) is 2.16. The minimum atomic E-state index is 0.0733. The summed E-state index contributed by atoms with van der Waals surface area (Å²) in [5.74, 6) is 0. The predicted molar refractivity (Wildman–Crippen MR) is 86.6 cm³/mol. The van der Waals surface area contributed by atoms with Crippen LogP contribution in [0.4, 0.5) is 10.5 Å². The smallest absolute Gasteiger partial charge is 0.317 e. The summed E-state index contributed by atoms with van der Waals surface area (Å²) in [5.41, 5.74) is 1.24. The van der Waals surface area contributed by atoms with Gasteiger partial charge in [-0.2, -0.15) is 0 Å². The van der Waals surface area contributed by atoms with Gasteiger partial charge in [-0.05, 0) is 53.3 Å². The fraction of sp³-hybridized carbons (Fsp3) is 0.500. The Labute approximate surface area is 128 Å². The van der Waals surface area contributed by atoms with E-state index >= 15 is 0 Å². The number of anilines is 1. The van der Waals surface area contributed by atoms with E-state index in [4.69, 9.17) is 0 Å². The van der Waals surface area contributed by atoms with Gasteiger partial charge in [0.05, 0.1) is 0 Å². The van der Waals surface area contributed by atoms with Crippen LogP contribution in [0.1, 0.15) is 13.3 Å². The zero-order valence-electron chi connectivity index (χ0n) is 11.2. The van der Waals surface area contributed by atoms with Crippen LogP contribution in [0.15, 0.2) is 24.3 Å². The van der Waals surface area contributed by atoms with Gasteiger partial charge < -0.3 is 15.1 Å². The highest BCUT2D eigenvalue weighted by Crippen LogP contribution is 2.18. The minimum absolute atomic E-state index is 0.0733. The molecule has 0 atom stereocenters. The van der Waals surface area contributed by atoms with Crippen LogP contribution in [0.2, 0.25) is 0 Å². The van der Waals surface area contributed by atoms with Crippen LogP contribution in [-0.2, 0) is 0 Å². The average Bonchev–Trinajstić information content (AvgIpc) is 2.46. The molecule has 1 heterocycles. The summed E-state index contributed by atoms with van der Waals surface area (Å²) in [4.78, 5) is 16.1. The molecule has 1 fully saturated rings. The second kappa shape index (κ2) is 6.98. The number of amides is 2. The SMILES string of the molecule is CCCNC(=O)N1CCN(c2ccc(I)cc2)CC1. The van der Waals surface area contributed by atoms with Crippen LogP contribution in [0, 0.1) is 3.57 Å². The molecule has 0 saturated carbocycles. The molecule has 4 nitrogen and oxygen atoms in total. The van der Waals surface area contributed by atoms with Crippen molar-refractivity contribution in [2.45, 2.75) is 13.3 Å². The molecular weight excluding hydrogens is 353 g/mol. The molecule has 1 aliphatic rings. The number of rotatable bonds is 3. The largest absolute Gasteiger partial charge is 0.368 e. The Morgan fingerprint density at radius 2 is 1.84 bits per heavy atom. The second-order valence-corrected chi connectivity index (χ2v) is 5.93. The Morgan fingerprint density at radius 1 is 1.21 bits per heavy atom. The van der Waals surface area contributed by atoms with Crippen LogP contribution >= 0.6 is 22.6 Å². The average molecular weight is 373 g/mol. The van der Waals surface area contributed by atoms with E-state index in [1.54, 1.807) is 0 Å². The number of nitrogens with zero attached hydrogens (tertiary/aromatic N) is 2. The van der Waals surface area contributed by atoms with Gasteiger partial charge in [0.1, 0.15) is 0 Å². The number of carbonyl (C=O) groups excluding carboxylic acids is 1. The Morgan fingerprint density at radius 3 is 2.42 bits per heavy atom. The third-order valence-electron chi connectivity index (χ3n) is 3.28. The van der Waals surface area contributed by atoms with Gasteiger partial charge in [0.15, 0.2) is 0 Å². The molecule has 19 heavy (non-hydrogen) atoms. The molecule has 0 radical (unpaired) electrons. The van der Waals surface area contributed by atoms with E-state index in [1.807, 2.05) is 4.90 Å². The quantitative estimate of drug-likeness (QED) is 0.827. The van der Waals surface area contributed by atoms with Crippen molar-refractivity contribution in [3.8, 4) is 0 Å². The van der Waals surface area contributed by atoms with Gasteiger partial charge in [0.2, 0.25) is 0 Å². The number of nitrogens with one attached hydrogen (secondary N) is 1. The van der Waals surface area contributed by atoms with Crippen molar-refractivity contribution >= 4 is 34.3 Å². The monoisotopic (exact) mass is 373 g/mol. The van der Waals surface area contributed by atoms with Crippen LogP contribution in [0.3, 0.4) is 0 Å². The molecule has 1 N–H and O–H groups in total. The van der Waals surface area contributed by atoms with Gasteiger partial charge in [-0.25, -0.2) is 4.79 Å². The lowest BCUT2D eigenvalue weighted by Crippen LogP contribution is -2.52. The third-order valence-corrected chi connectivity index (χ3v) is 4.00. The van der Waals surface area contributed by atoms with Crippen molar-refractivity contribution in [2.24, 2.45) is 0 Å². The number of halogens is 1. The third kappa shape index (κ3) is 3.99. The molecule has 104 valence electrons. The first-order valence-electron chi connectivity index (χ1n) is 6.74. The maximum atomic E-state index is 11.8. The lowest BCUT2D eigenvalue weighted by Gasteiger charge is -2.36. The Kier molecular flexibility index (Phi) is 5.30. The van der Waals surface area contributed by atoms with Gasteiger partial charge in [-0.1, -0.05) is 6.92 Å². The van der Waals surface area contributed by atoms with E-state index in [1.165, 1.54) is 9.26 Å². The van der Waals surface area contributed by atoms with Crippen molar-refractivity contribution in [3.63, 3.8) is 0 Å². The number of hydrogen-bond donors (Lipinski definition) is 1. The zero-order valence-corrected chi connectivity index (χ0v) is 13.4. The summed E-state index contributed by atoms with van der Waals surface area (Å²) >= 11 is 2.31. The van der Waals surface area contributed by atoms with E-state index in [9.17, 15) is 4.79 Å². The molecule has 2 rings (SSSR count). The van der Waals surface area contributed by atoms with Crippen LogP contribution < -0.4 is 10.2 Å². The predicted octanol–water partition coefficient (Wildman–Crippen LogP) is 2.53. The van der Waals surface area contributed by atoms with Crippen LogP contribution in [-0.4, -0.2) is 43.7 Å². The van der Waals surface area contributed by atoms with E-state index < -0.39 is 0 Å². The van der Waals surface area contributed by atoms with Crippen molar-refractivity contribution in [1.29, 1.82) is 0 Å². The highest BCUT2D eigenvalue weighted by atomic mass is 127. The van der Waals surface area contributed by atoms with Gasteiger partial charge >= 0.3 is 6.03 Å². The first-order valence-corrected chi connectivity index (χ1v) is 7.82. The molecule has 1 aromatic rings. The summed E-state index contributed by atoms with van der Waals surface area (Å²) in [6.45, 7) is 6.22. The highest BCUT2D eigenvalue weighted by Gasteiger charge is 2.20. The number of piperazine rings is 1. The molecule has 0 bridgehead atoms. The number of hydrogen-bond acceptors (Lipinski definition) is 2. The van der Waals surface area contributed by atoms with E-state index in [0.29, 0.717) is 0 Å². The topological polar surface area (TPSA) is 35.6 Å². The molecule has 2 amide bonds. The van der Waals surface area contributed by atoms with Crippen LogP contribution in [0.5, 0.6) is 0 Å². The van der Waals surface area contributed by atoms with Crippen molar-refractivity contribution in [1.82, 2.24) is 10.2 Å². The molecule has 0 aliphatic carbocycles. The summed E-state index contributed by atoms with van der Waals surface area (Å²) in [6.07, 6.45) is 0.981. The lowest BCUT2D eigenvalue weighted by atomic mass is 10.2. The lowest BCUT2D eigenvalue weighted by molar-refractivity contribution is 0.194. The summed E-state index contributed by atoms with van der Waals surface area (Å²) in [7, 11) is 0. The molecule has 5 heteroatoms. The molecule has 1 aromatic carbocycles. The first-order chi connectivity index (χ1) is 9.20.